The number of nitrogens with zero attached hydrogens (tertiary/aromatic N) is 1. The fourth-order valence-corrected chi connectivity index (χ4v) is 3.01. The SMILES string of the molecule is Fc1cc(-c2ccccc2)ccc1-c1nc(=S)c2ccccc2[nH]1. The number of nitrogens with one attached hydrogen (secondary N) is 1. The molecule has 0 aliphatic rings. The van der Waals surface area contributed by atoms with Crippen LogP contribution in [0.25, 0.3) is 33.4 Å². The normalized spacial score (nSPS) is 10.9. The van der Waals surface area contributed by atoms with Crippen molar-refractivity contribution in [2.45, 2.75) is 0 Å². The number of fused-ring (bicyclic) bond motifs is 1. The van der Waals surface area contributed by atoms with E-state index in [4.69, 9.17) is 12.2 Å². The van der Waals surface area contributed by atoms with Gasteiger partial charge in [-0.1, -0.05) is 60.7 Å². The van der Waals surface area contributed by atoms with Gasteiger partial charge in [-0.2, -0.15) is 0 Å². The summed E-state index contributed by atoms with van der Waals surface area (Å²) in [6, 6.07) is 22.5. The lowest BCUT2D eigenvalue weighted by molar-refractivity contribution is 0.630. The van der Waals surface area contributed by atoms with Crippen molar-refractivity contribution in [3.8, 4) is 22.5 Å². The van der Waals surface area contributed by atoms with Crippen molar-refractivity contribution >= 4 is 23.1 Å². The Morgan fingerprint density at radius 3 is 2.38 bits per heavy atom. The van der Waals surface area contributed by atoms with Crippen molar-refractivity contribution in [2.24, 2.45) is 0 Å². The van der Waals surface area contributed by atoms with Gasteiger partial charge in [0.2, 0.25) is 0 Å². The molecule has 0 amide bonds. The maximum Gasteiger partial charge on any atom is 0.142 e. The zero-order valence-corrected chi connectivity index (χ0v) is 13.5. The summed E-state index contributed by atoms with van der Waals surface area (Å²) in [7, 11) is 0. The van der Waals surface area contributed by atoms with E-state index in [0.29, 0.717) is 16.0 Å². The Labute approximate surface area is 143 Å². The van der Waals surface area contributed by atoms with Gasteiger partial charge >= 0.3 is 0 Å². The van der Waals surface area contributed by atoms with Gasteiger partial charge in [-0.25, -0.2) is 9.37 Å². The van der Waals surface area contributed by atoms with Gasteiger partial charge in [-0.15, -0.1) is 0 Å². The van der Waals surface area contributed by atoms with E-state index >= 15 is 0 Å². The van der Waals surface area contributed by atoms with Crippen LogP contribution >= 0.6 is 12.2 Å². The third-order valence-corrected chi connectivity index (χ3v) is 4.27. The van der Waals surface area contributed by atoms with Crippen molar-refractivity contribution in [3.63, 3.8) is 0 Å². The van der Waals surface area contributed by atoms with E-state index in [2.05, 4.69) is 9.97 Å². The van der Waals surface area contributed by atoms with Gasteiger partial charge in [-0.3, -0.25) is 0 Å². The highest BCUT2D eigenvalue weighted by molar-refractivity contribution is 7.71. The first-order chi connectivity index (χ1) is 11.7. The molecule has 4 rings (SSSR count). The molecule has 0 saturated heterocycles. The predicted octanol–water partition coefficient (Wildman–Crippen LogP) is 5.77. The Kier molecular flexibility index (Phi) is 3.67. The van der Waals surface area contributed by atoms with E-state index in [1.807, 2.05) is 60.7 Å². The fraction of sp³-hybridized carbons (Fsp3) is 0. The monoisotopic (exact) mass is 332 g/mol. The topological polar surface area (TPSA) is 28.7 Å². The van der Waals surface area contributed by atoms with Gasteiger partial charge in [0, 0.05) is 10.9 Å². The predicted molar refractivity (Wildman–Crippen MR) is 97.8 cm³/mol. The molecule has 24 heavy (non-hydrogen) atoms. The highest BCUT2D eigenvalue weighted by Crippen LogP contribution is 2.27. The Balaban J connectivity index is 1.84. The minimum Gasteiger partial charge on any atom is -0.339 e. The second-order valence-electron chi connectivity index (χ2n) is 5.50. The molecular weight excluding hydrogens is 319 g/mol. The van der Waals surface area contributed by atoms with Crippen molar-refractivity contribution in [1.29, 1.82) is 0 Å². The van der Waals surface area contributed by atoms with E-state index in [9.17, 15) is 4.39 Å². The summed E-state index contributed by atoms with van der Waals surface area (Å²) in [5.74, 6) is 0.112. The number of hydrogen-bond donors (Lipinski definition) is 1. The largest absolute Gasteiger partial charge is 0.339 e. The van der Waals surface area contributed by atoms with Crippen LogP contribution in [-0.2, 0) is 0 Å². The highest BCUT2D eigenvalue weighted by atomic mass is 32.1. The summed E-state index contributed by atoms with van der Waals surface area (Å²) >= 11 is 5.33. The second kappa shape index (κ2) is 5.98. The van der Waals surface area contributed by atoms with Crippen LogP contribution in [0.1, 0.15) is 0 Å². The molecule has 0 saturated carbocycles. The average molecular weight is 332 g/mol. The van der Waals surface area contributed by atoms with Crippen LogP contribution in [0.2, 0.25) is 0 Å². The lowest BCUT2D eigenvalue weighted by Gasteiger charge is -2.08. The molecule has 0 fully saturated rings. The molecule has 3 aromatic carbocycles. The quantitative estimate of drug-likeness (QED) is 0.472. The van der Waals surface area contributed by atoms with E-state index in [1.165, 1.54) is 6.07 Å². The van der Waals surface area contributed by atoms with E-state index in [-0.39, 0.29) is 5.82 Å². The van der Waals surface area contributed by atoms with E-state index in [0.717, 1.165) is 22.0 Å². The molecule has 1 heterocycles. The smallest absolute Gasteiger partial charge is 0.142 e. The number of para-hydroxylation sites is 1. The van der Waals surface area contributed by atoms with Crippen LogP contribution in [0.5, 0.6) is 0 Å². The van der Waals surface area contributed by atoms with Crippen LogP contribution in [0.15, 0.2) is 72.8 Å². The average Bonchev–Trinajstić information content (AvgIpc) is 2.62. The minimum absolute atomic E-state index is 0.329. The summed E-state index contributed by atoms with van der Waals surface area (Å²) in [6.45, 7) is 0. The molecule has 0 atom stereocenters. The molecule has 4 heteroatoms. The van der Waals surface area contributed by atoms with Crippen molar-refractivity contribution in [3.05, 3.63) is 83.3 Å². The lowest BCUT2D eigenvalue weighted by Crippen LogP contribution is -1.94. The molecule has 0 spiro atoms. The zero-order valence-electron chi connectivity index (χ0n) is 12.7. The van der Waals surface area contributed by atoms with E-state index < -0.39 is 0 Å². The zero-order chi connectivity index (χ0) is 16.5. The maximum atomic E-state index is 14.7. The van der Waals surface area contributed by atoms with Gasteiger partial charge in [0.1, 0.15) is 16.3 Å². The third kappa shape index (κ3) is 2.61. The first-order valence-corrected chi connectivity index (χ1v) is 7.97. The van der Waals surface area contributed by atoms with E-state index in [1.54, 1.807) is 6.07 Å². The van der Waals surface area contributed by atoms with Crippen molar-refractivity contribution in [1.82, 2.24) is 9.97 Å². The number of aromatic amines is 1. The Hall–Kier alpha value is -2.85. The molecule has 0 bridgehead atoms. The van der Waals surface area contributed by atoms with Gasteiger partial charge < -0.3 is 4.98 Å². The summed E-state index contributed by atoms with van der Waals surface area (Å²) < 4.78 is 15.1. The summed E-state index contributed by atoms with van der Waals surface area (Å²) in [5, 5.41) is 0.859. The number of hydrogen-bond acceptors (Lipinski definition) is 2. The number of benzene rings is 3. The van der Waals surface area contributed by atoms with Crippen LogP contribution in [0.4, 0.5) is 4.39 Å². The van der Waals surface area contributed by atoms with Crippen LogP contribution in [-0.4, -0.2) is 9.97 Å². The van der Waals surface area contributed by atoms with Gasteiger partial charge in [0.05, 0.1) is 5.56 Å². The maximum absolute atomic E-state index is 14.7. The van der Waals surface area contributed by atoms with Crippen molar-refractivity contribution in [2.75, 3.05) is 0 Å². The Bertz CT molecular complexity index is 1090. The number of rotatable bonds is 2. The van der Waals surface area contributed by atoms with Crippen LogP contribution in [0, 0.1) is 10.5 Å². The molecule has 0 aliphatic carbocycles. The molecule has 116 valence electrons. The fourth-order valence-electron chi connectivity index (χ4n) is 2.74. The highest BCUT2D eigenvalue weighted by Gasteiger charge is 2.10. The molecule has 0 radical (unpaired) electrons. The first-order valence-electron chi connectivity index (χ1n) is 7.57. The van der Waals surface area contributed by atoms with Crippen LogP contribution in [0.3, 0.4) is 0 Å². The van der Waals surface area contributed by atoms with Crippen LogP contribution < -0.4 is 0 Å². The second-order valence-corrected chi connectivity index (χ2v) is 5.88. The molecule has 4 aromatic rings. The molecule has 2 nitrogen and oxygen atoms in total. The molecular formula is C20H13FN2S. The van der Waals surface area contributed by atoms with Gasteiger partial charge in [-0.05, 0) is 35.4 Å². The van der Waals surface area contributed by atoms with Crippen molar-refractivity contribution < 1.29 is 4.39 Å². The number of aromatic nitrogens is 2. The Morgan fingerprint density at radius 1 is 0.833 bits per heavy atom. The standard InChI is InChI=1S/C20H13FN2S/c21-17-12-14(13-6-2-1-3-7-13)10-11-15(17)19-22-18-9-5-4-8-16(18)20(24)23-19/h1-12H,(H,22,23,24). The number of H-pyrrole nitrogens is 1. The summed E-state index contributed by atoms with van der Waals surface area (Å²) in [4.78, 5) is 7.52. The molecule has 0 aliphatic heterocycles. The van der Waals surface area contributed by atoms with Gasteiger partial charge in [0.25, 0.3) is 0 Å². The van der Waals surface area contributed by atoms with Gasteiger partial charge in [0.15, 0.2) is 0 Å². The Morgan fingerprint density at radius 2 is 1.58 bits per heavy atom. The molecule has 1 N–H and O–H groups in total. The lowest BCUT2D eigenvalue weighted by atomic mass is 10.0. The minimum atomic E-state index is -0.329. The molecule has 0 unspecified atom stereocenters. The molecule has 1 aromatic heterocycles. The third-order valence-electron chi connectivity index (χ3n) is 3.96. The first kappa shape index (κ1) is 14.7. The summed E-state index contributed by atoms with van der Waals surface area (Å²) in [5.41, 5.74) is 3.06. The number of halogens is 1. The summed E-state index contributed by atoms with van der Waals surface area (Å²) in [6.07, 6.45) is 0.